The predicted octanol–water partition coefficient (Wildman–Crippen LogP) is 3.45. The van der Waals surface area contributed by atoms with E-state index in [1.807, 2.05) is 6.07 Å². The first-order valence-corrected chi connectivity index (χ1v) is 5.89. The Morgan fingerprint density at radius 2 is 1.75 bits per heavy atom. The summed E-state index contributed by atoms with van der Waals surface area (Å²) in [5, 5.41) is 3.43. The summed E-state index contributed by atoms with van der Waals surface area (Å²) in [5.41, 5.74) is 1.31. The van der Waals surface area contributed by atoms with Gasteiger partial charge in [-0.15, -0.1) is 0 Å². The molecule has 1 unspecified atom stereocenters. The third kappa shape index (κ3) is 3.47. The normalized spacial score (nSPS) is 13.9. The molecule has 1 aromatic heterocycles. The quantitative estimate of drug-likeness (QED) is 0.849. The Bertz CT molecular complexity index is 339. The Kier molecular flexibility index (Phi) is 3.89. The molecule has 1 heterocycles. The van der Waals surface area contributed by atoms with Gasteiger partial charge in [0.05, 0.1) is 0 Å². The fourth-order valence-electron chi connectivity index (χ4n) is 1.21. The van der Waals surface area contributed by atoms with Gasteiger partial charge in [0, 0.05) is 17.8 Å². The average Bonchev–Trinajstić information content (AvgIpc) is 2.16. The molecular formula is C13H23N3. The Labute approximate surface area is 98.7 Å². The van der Waals surface area contributed by atoms with E-state index in [9.17, 15) is 0 Å². The molecule has 0 aliphatic carbocycles. The monoisotopic (exact) mass is 221 g/mol. The van der Waals surface area contributed by atoms with Gasteiger partial charge < -0.3 is 5.32 Å². The highest BCUT2D eigenvalue weighted by molar-refractivity contribution is 5.37. The molecule has 90 valence electrons. The van der Waals surface area contributed by atoms with E-state index >= 15 is 0 Å². The molecule has 3 heteroatoms. The van der Waals surface area contributed by atoms with Gasteiger partial charge in [-0.05, 0) is 18.3 Å². The zero-order chi connectivity index (χ0) is 12.3. The van der Waals surface area contributed by atoms with Crippen LogP contribution in [0.2, 0.25) is 0 Å². The summed E-state index contributed by atoms with van der Waals surface area (Å²) in [4.78, 5) is 8.51. The second-order valence-electron chi connectivity index (χ2n) is 5.71. The lowest BCUT2D eigenvalue weighted by Gasteiger charge is -2.28. The maximum absolute atomic E-state index is 4.26. The number of nitrogens with one attached hydrogen (secondary N) is 1. The Hall–Kier alpha value is -1.12. The molecule has 16 heavy (non-hydrogen) atoms. The van der Waals surface area contributed by atoms with E-state index in [0.29, 0.717) is 12.0 Å². The van der Waals surface area contributed by atoms with Crippen LogP contribution in [0.4, 0.5) is 5.82 Å². The van der Waals surface area contributed by atoms with E-state index in [4.69, 9.17) is 0 Å². The topological polar surface area (TPSA) is 37.8 Å². The van der Waals surface area contributed by atoms with Crippen molar-refractivity contribution in [1.82, 2.24) is 9.97 Å². The highest BCUT2D eigenvalue weighted by Crippen LogP contribution is 2.22. The van der Waals surface area contributed by atoms with Crippen molar-refractivity contribution in [2.75, 3.05) is 5.32 Å². The third-order valence-electron chi connectivity index (χ3n) is 2.94. The number of nitrogens with zero attached hydrogens (tertiary/aromatic N) is 2. The maximum Gasteiger partial charge on any atom is 0.129 e. The molecule has 0 amide bonds. The molecule has 1 N–H and O–H groups in total. The van der Waals surface area contributed by atoms with Gasteiger partial charge in [0.15, 0.2) is 0 Å². The van der Waals surface area contributed by atoms with Crippen LogP contribution in [-0.4, -0.2) is 16.0 Å². The Morgan fingerprint density at radius 1 is 1.12 bits per heavy atom. The van der Waals surface area contributed by atoms with Crippen molar-refractivity contribution in [2.45, 2.75) is 53.5 Å². The van der Waals surface area contributed by atoms with E-state index in [1.165, 1.54) is 0 Å². The van der Waals surface area contributed by atoms with E-state index in [0.717, 1.165) is 11.5 Å². The summed E-state index contributed by atoms with van der Waals surface area (Å²) in [5.74, 6) is 1.36. The summed E-state index contributed by atoms with van der Waals surface area (Å²) in [7, 11) is 0. The number of anilines is 1. The first-order valence-electron chi connectivity index (χ1n) is 5.89. The van der Waals surface area contributed by atoms with Crippen molar-refractivity contribution in [3.8, 4) is 0 Å². The van der Waals surface area contributed by atoms with E-state index < -0.39 is 0 Å². The number of hydrogen-bond acceptors (Lipinski definition) is 3. The molecule has 0 bridgehead atoms. The van der Waals surface area contributed by atoms with Crippen LogP contribution in [0.5, 0.6) is 0 Å². The number of aromatic nitrogens is 2. The smallest absolute Gasteiger partial charge is 0.129 e. The van der Waals surface area contributed by atoms with Crippen molar-refractivity contribution in [3.05, 3.63) is 18.1 Å². The minimum atomic E-state index is 0.225. The van der Waals surface area contributed by atoms with Gasteiger partial charge in [-0.2, -0.15) is 0 Å². The maximum atomic E-state index is 4.26. The van der Waals surface area contributed by atoms with Crippen LogP contribution in [0.15, 0.2) is 12.4 Å². The Morgan fingerprint density at radius 3 is 2.25 bits per heavy atom. The molecule has 0 saturated carbocycles. The van der Waals surface area contributed by atoms with Gasteiger partial charge in [0.2, 0.25) is 0 Å². The van der Waals surface area contributed by atoms with Gasteiger partial charge in [-0.1, -0.05) is 34.6 Å². The highest BCUT2D eigenvalue weighted by atomic mass is 15.0. The SMILES string of the molecule is CC(C)c1cc(NC(C)C(C)(C)C)ncn1. The molecular weight excluding hydrogens is 198 g/mol. The molecule has 0 radical (unpaired) electrons. The van der Waals surface area contributed by atoms with Crippen LogP contribution in [-0.2, 0) is 0 Å². The molecule has 1 atom stereocenters. The van der Waals surface area contributed by atoms with E-state index in [1.54, 1.807) is 6.33 Å². The Balaban J connectivity index is 2.78. The van der Waals surface area contributed by atoms with E-state index in [2.05, 4.69) is 56.8 Å². The second kappa shape index (κ2) is 4.81. The van der Waals surface area contributed by atoms with Crippen LogP contribution in [0, 0.1) is 5.41 Å². The fourth-order valence-corrected chi connectivity index (χ4v) is 1.21. The second-order valence-corrected chi connectivity index (χ2v) is 5.71. The van der Waals surface area contributed by atoms with Crippen molar-refractivity contribution in [3.63, 3.8) is 0 Å². The minimum absolute atomic E-state index is 0.225. The zero-order valence-electron chi connectivity index (χ0n) is 11.2. The van der Waals surface area contributed by atoms with Gasteiger partial charge in [-0.3, -0.25) is 0 Å². The molecule has 0 saturated heterocycles. The largest absolute Gasteiger partial charge is 0.367 e. The number of hydrogen-bond donors (Lipinski definition) is 1. The lowest BCUT2D eigenvalue weighted by atomic mass is 9.88. The molecule has 1 rings (SSSR count). The van der Waals surface area contributed by atoms with Crippen molar-refractivity contribution in [1.29, 1.82) is 0 Å². The molecule has 3 nitrogen and oxygen atoms in total. The van der Waals surface area contributed by atoms with Gasteiger partial charge in [0.25, 0.3) is 0 Å². The summed E-state index contributed by atoms with van der Waals surface area (Å²) in [6.07, 6.45) is 1.63. The standard InChI is InChI=1S/C13H23N3/c1-9(2)11-7-12(15-8-14-11)16-10(3)13(4,5)6/h7-10H,1-6H3,(H,14,15,16). The van der Waals surface area contributed by atoms with Crippen molar-refractivity contribution in [2.24, 2.45) is 5.41 Å². The highest BCUT2D eigenvalue weighted by Gasteiger charge is 2.20. The first-order chi connectivity index (χ1) is 7.30. The molecule has 0 aliphatic rings. The lowest BCUT2D eigenvalue weighted by Crippen LogP contribution is -2.31. The van der Waals surface area contributed by atoms with Gasteiger partial charge in [0.1, 0.15) is 12.1 Å². The summed E-state index contributed by atoms with van der Waals surface area (Å²) >= 11 is 0. The van der Waals surface area contributed by atoms with Crippen LogP contribution in [0.25, 0.3) is 0 Å². The minimum Gasteiger partial charge on any atom is -0.367 e. The van der Waals surface area contributed by atoms with Crippen molar-refractivity contribution < 1.29 is 0 Å². The fraction of sp³-hybridized carbons (Fsp3) is 0.692. The van der Waals surface area contributed by atoms with Gasteiger partial charge >= 0.3 is 0 Å². The summed E-state index contributed by atoms with van der Waals surface area (Å²) in [6, 6.07) is 2.41. The number of rotatable bonds is 3. The predicted molar refractivity (Wildman–Crippen MR) is 68.7 cm³/mol. The van der Waals surface area contributed by atoms with Crippen LogP contribution >= 0.6 is 0 Å². The zero-order valence-corrected chi connectivity index (χ0v) is 11.2. The van der Waals surface area contributed by atoms with Gasteiger partial charge in [-0.25, -0.2) is 9.97 Å². The summed E-state index contributed by atoms with van der Waals surface area (Å²) < 4.78 is 0. The third-order valence-corrected chi connectivity index (χ3v) is 2.94. The van der Waals surface area contributed by atoms with Crippen molar-refractivity contribution >= 4 is 5.82 Å². The molecule has 0 spiro atoms. The first kappa shape index (κ1) is 12.9. The van der Waals surface area contributed by atoms with E-state index in [-0.39, 0.29) is 5.41 Å². The molecule has 0 aromatic carbocycles. The van der Waals surface area contributed by atoms with Crippen LogP contribution in [0.3, 0.4) is 0 Å². The molecule has 0 fully saturated rings. The lowest BCUT2D eigenvalue weighted by molar-refractivity contribution is 0.358. The molecule has 1 aromatic rings. The average molecular weight is 221 g/mol. The molecule has 0 aliphatic heterocycles. The van der Waals surface area contributed by atoms with Crippen LogP contribution < -0.4 is 5.32 Å². The summed E-state index contributed by atoms with van der Waals surface area (Å²) in [6.45, 7) is 13.1. The van der Waals surface area contributed by atoms with Crippen LogP contribution in [0.1, 0.15) is 53.2 Å².